The van der Waals surface area contributed by atoms with Crippen LogP contribution in [0.4, 0.5) is 0 Å². The van der Waals surface area contributed by atoms with E-state index in [4.69, 9.17) is 80.5 Å². The van der Waals surface area contributed by atoms with Crippen LogP contribution in [-0.4, -0.2) is 488 Å². The lowest BCUT2D eigenvalue weighted by atomic mass is 9.93. The van der Waals surface area contributed by atoms with E-state index in [1.165, 1.54) is 0 Å². The van der Waals surface area contributed by atoms with Crippen LogP contribution in [0.25, 0.3) is 0 Å². The number of aliphatic hydroxyl groups is 24. The number of carbonyl (C=O) groups excluding carboxylic acids is 5. The van der Waals surface area contributed by atoms with Gasteiger partial charge in [0.2, 0.25) is 29.5 Å². The third-order valence-electron chi connectivity index (χ3n) is 20.8. The number of rotatable bonds is 30. The Bertz CT molecular complexity index is 3100. The van der Waals surface area contributed by atoms with Crippen LogP contribution in [0, 0.1) is 0 Å². The molecule has 0 spiro atoms. The molecule has 1 unspecified atom stereocenters. The van der Waals surface area contributed by atoms with Crippen LogP contribution in [0.15, 0.2) is 0 Å². The molecule has 9 saturated heterocycles. The van der Waals surface area contributed by atoms with E-state index in [9.17, 15) is 147 Å². The smallest absolute Gasteiger partial charge is 0.217 e. The predicted molar refractivity (Wildman–Crippen MR) is 355 cm³/mol. The maximum Gasteiger partial charge on any atom is 0.217 e. The Kier molecular flexibility index (Phi) is 34.1. The second-order valence-corrected chi connectivity index (χ2v) is 28.9. The molecule has 0 aromatic heterocycles. The first-order valence-corrected chi connectivity index (χ1v) is 36.6. The van der Waals surface area contributed by atoms with E-state index in [0.29, 0.717) is 0 Å². The number of hydrogen-bond acceptors (Lipinski definition) is 46. The largest absolute Gasteiger partial charge is 0.394 e. The highest BCUT2D eigenvalue weighted by Gasteiger charge is 2.62. The number of hydrogen-bond donors (Lipinski definition) is 29. The summed E-state index contributed by atoms with van der Waals surface area (Å²) in [5, 5.41) is 281. The minimum Gasteiger partial charge on any atom is -0.394 e. The summed E-state index contributed by atoms with van der Waals surface area (Å²) < 4.78 is 103. The molecule has 29 N–H and O–H groups in total. The SMILES string of the molecule is CC(=O)N[C@H]1[C@H](O[C@H]2[C@H](O)[C@@H](NC(C)=O)C(O)O[C@@H]2CO)O[C@H](CO)[C@@H](O[C@@H]2O[C@H](CO[C@H]3O[C@H](CO)[C@@H](O)[C@H](O)[C@@H]3O[C@@H]3O[C@H](CO)[C@@H](O[C@@H]4O[C@H](CO)[C@H](O)[C@H](O)[C@H]4O)[C@H](O)[C@H]3NC(C)=O)[C@@H](O[C@@H]3O[C@H](CO)[C@@H](O)[C@H](O)[C@H]3NC(C)=O)[C@H](O[C@H]3O[C@H](CO)[C@@H](O)[C@H](O)[C@@H]3O[C@@H]3O[C@H](CO)[C@@H](O)[C@H](O)[C@H]3NC(C)=O)[C@@H]2O)[C@@H]1O. The molecule has 9 heterocycles. The first-order chi connectivity index (χ1) is 54.4. The van der Waals surface area contributed by atoms with Crippen molar-refractivity contribution in [3.8, 4) is 0 Å². The van der Waals surface area contributed by atoms with Crippen molar-refractivity contribution in [2.24, 2.45) is 0 Å². The van der Waals surface area contributed by atoms with Crippen molar-refractivity contribution >= 4 is 29.5 Å². The number of nitrogens with one attached hydrogen (secondary N) is 5. The van der Waals surface area contributed by atoms with Crippen LogP contribution in [0.5, 0.6) is 0 Å². The Labute approximate surface area is 651 Å². The fourth-order valence-corrected chi connectivity index (χ4v) is 14.9. The van der Waals surface area contributed by atoms with Gasteiger partial charge < -0.3 is 230 Å². The molecule has 9 aliphatic heterocycles. The summed E-state index contributed by atoms with van der Waals surface area (Å²) in [6, 6.07) is -9.48. The normalized spacial score (nSPS) is 47.9. The average molecular weight is 1680 g/mol. The summed E-state index contributed by atoms with van der Waals surface area (Å²) in [6.07, 6.45) is -85.6. The summed E-state index contributed by atoms with van der Waals surface area (Å²) in [6.45, 7) is -5.56. The van der Waals surface area contributed by atoms with E-state index in [-0.39, 0.29) is 0 Å². The van der Waals surface area contributed by atoms with Crippen LogP contribution in [0.3, 0.4) is 0 Å². The summed E-state index contributed by atoms with van der Waals surface area (Å²) in [4.78, 5) is 64.1. The van der Waals surface area contributed by atoms with Gasteiger partial charge in [0, 0.05) is 34.6 Å². The van der Waals surface area contributed by atoms with Gasteiger partial charge in [-0.1, -0.05) is 0 Å². The zero-order valence-corrected chi connectivity index (χ0v) is 62.1. The Morgan fingerprint density at radius 3 is 0.861 bits per heavy atom. The molecule has 5 amide bonds. The van der Waals surface area contributed by atoms with Gasteiger partial charge in [-0.3, -0.25) is 24.0 Å². The van der Waals surface area contributed by atoms with Crippen molar-refractivity contribution in [3.05, 3.63) is 0 Å². The van der Waals surface area contributed by atoms with Crippen molar-refractivity contribution in [2.75, 3.05) is 59.5 Å². The minimum atomic E-state index is -2.70. The second kappa shape index (κ2) is 41.5. The van der Waals surface area contributed by atoms with Gasteiger partial charge >= 0.3 is 0 Å². The van der Waals surface area contributed by atoms with Crippen LogP contribution < -0.4 is 26.6 Å². The molecule has 115 heavy (non-hydrogen) atoms. The summed E-state index contributed by atoms with van der Waals surface area (Å²) >= 11 is 0. The third kappa shape index (κ3) is 21.3. The first kappa shape index (κ1) is 94.6. The van der Waals surface area contributed by atoms with E-state index in [1.54, 1.807) is 0 Å². The summed E-state index contributed by atoms with van der Waals surface area (Å²) in [7, 11) is 0. The van der Waals surface area contributed by atoms with Crippen molar-refractivity contribution < 1.29 is 227 Å². The maximum atomic E-state index is 13.2. The zero-order chi connectivity index (χ0) is 84.8. The lowest BCUT2D eigenvalue weighted by Crippen LogP contribution is -2.71. The molecule has 9 aliphatic rings. The van der Waals surface area contributed by atoms with E-state index < -0.39 is 365 Å². The maximum absolute atomic E-state index is 13.2. The van der Waals surface area contributed by atoms with Gasteiger partial charge in [-0.2, -0.15) is 0 Å². The fraction of sp³-hybridized carbons (Fsp3) is 0.922. The van der Waals surface area contributed by atoms with Gasteiger partial charge in [0.15, 0.2) is 56.6 Å². The molecule has 9 fully saturated rings. The molecule has 51 heteroatoms. The van der Waals surface area contributed by atoms with Crippen LogP contribution >= 0.6 is 0 Å². The van der Waals surface area contributed by atoms with Crippen molar-refractivity contribution in [3.63, 3.8) is 0 Å². The molecular formula is C64H107N5O46. The fourth-order valence-electron chi connectivity index (χ4n) is 14.9. The topological polar surface area (TPSA) is 788 Å². The predicted octanol–water partition coefficient (Wildman–Crippen LogP) is -19.9. The molecule has 664 valence electrons. The van der Waals surface area contributed by atoms with Gasteiger partial charge in [-0.15, -0.1) is 0 Å². The Hall–Kier alpha value is -4.29. The first-order valence-electron chi connectivity index (χ1n) is 36.6. The molecule has 45 atom stereocenters. The van der Waals surface area contributed by atoms with Crippen LogP contribution in [0.2, 0.25) is 0 Å². The summed E-state index contributed by atoms with van der Waals surface area (Å²) in [5.74, 6) is -4.63. The highest BCUT2D eigenvalue weighted by Crippen LogP contribution is 2.41. The molecular weight excluding hydrogens is 1570 g/mol. The Balaban J connectivity index is 1.16. The van der Waals surface area contributed by atoms with Crippen molar-refractivity contribution in [1.82, 2.24) is 26.6 Å². The van der Waals surface area contributed by atoms with E-state index in [2.05, 4.69) is 26.6 Å². The molecule has 9 rings (SSSR count). The third-order valence-corrected chi connectivity index (χ3v) is 20.8. The monoisotopic (exact) mass is 1680 g/mol. The van der Waals surface area contributed by atoms with E-state index >= 15 is 0 Å². The van der Waals surface area contributed by atoms with Crippen molar-refractivity contribution in [2.45, 2.75) is 311 Å². The number of ether oxygens (including phenoxy) is 17. The van der Waals surface area contributed by atoms with E-state index in [0.717, 1.165) is 34.6 Å². The zero-order valence-electron chi connectivity index (χ0n) is 62.1. The highest BCUT2D eigenvalue weighted by atomic mass is 16.8. The molecule has 51 nitrogen and oxygen atoms in total. The Morgan fingerprint density at radius 2 is 0.478 bits per heavy atom. The number of amides is 5. The van der Waals surface area contributed by atoms with Crippen LogP contribution in [-0.2, 0) is 104 Å². The average Bonchev–Trinajstić information content (AvgIpc) is 0.761. The molecule has 0 aromatic rings. The lowest BCUT2D eigenvalue weighted by Gasteiger charge is -2.52. The van der Waals surface area contributed by atoms with Gasteiger partial charge in [0.1, 0.15) is 219 Å². The Morgan fingerprint density at radius 1 is 0.226 bits per heavy atom. The molecule has 0 radical (unpaired) electrons. The summed E-state index contributed by atoms with van der Waals surface area (Å²) in [5.41, 5.74) is 0. The van der Waals surface area contributed by atoms with Gasteiger partial charge in [0.05, 0.1) is 59.5 Å². The van der Waals surface area contributed by atoms with Gasteiger partial charge in [-0.05, 0) is 0 Å². The standard InChI is InChI=1S/C64H107N5O46/c1-15(78)65-29-41(90)49(25(11-75)100-56(29)98)109-59-32(68-18(4)81)42(91)51(27(13-77)106-59)111-62-48(97)53(113-64-55(46(95)38(87)24(10-74)105-64)115-58-31(67-17(3)80)40(89)35(84)21(7-71)102-58)52(112-57-30(66-16(2)79)39(88)34(83)20(6-70)101-57)28(108-62)14-99-63-54(45(94)37(86)23(9-73)104-63)114-60-33(69-19(5)82)43(92)50(26(12-76)107-60)110-61-47(96)44(93)36(85)22(8-72)103-61/h20-64,70-77,83-98H,6-14H2,1-5H3,(H,65,78)(H,66,79)(H,67,80)(H,68,81)(H,69,82)/t20-,21-,22-,23-,24-,25-,26-,27-,28-,29-,30-,31-,32-,33-,34-,35-,36+,37-,38-,39-,40-,41-,42-,43-,44+,45+,46+,47-,48+,49-,50-,51-,52-,53-,54+,55+,56?,57+,58+,59+,60+,61+,62+,63+,64-/m1/s1. The quantitative estimate of drug-likeness (QED) is 0.0318. The number of aliphatic hydroxyl groups excluding tert-OH is 24. The highest BCUT2D eigenvalue weighted by molar-refractivity contribution is 5.75. The van der Waals surface area contributed by atoms with Crippen molar-refractivity contribution in [1.29, 1.82) is 0 Å². The van der Waals surface area contributed by atoms with Gasteiger partial charge in [-0.25, -0.2) is 0 Å². The number of carbonyl (C=O) groups is 5. The lowest BCUT2D eigenvalue weighted by molar-refractivity contribution is -0.407. The molecule has 0 saturated carbocycles. The van der Waals surface area contributed by atoms with E-state index in [1.807, 2.05) is 0 Å². The van der Waals surface area contributed by atoms with Crippen LogP contribution in [0.1, 0.15) is 34.6 Å². The molecule has 0 aliphatic carbocycles. The molecule has 0 bridgehead atoms. The second-order valence-electron chi connectivity index (χ2n) is 28.9. The van der Waals surface area contributed by atoms with Gasteiger partial charge in [0.25, 0.3) is 0 Å². The molecule has 0 aromatic carbocycles. The minimum absolute atomic E-state index is 0.805.